The average Bonchev–Trinajstić information content (AvgIpc) is 3.42. The van der Waals surface area contributed by atoms with Crippen molar-refractivity contribution >= 4 is 11.8 Å². The van der Waals surface area contributed by atoms with Gasteiger partial charge in [-0.05, 0) is 30.3 Å². The van der Waals surface area contributed by atoms with E-state index in [2.05, 4.69) is 22.3 Å². The number of carbonyl (C=O) groups excluding carboxylic acids is 2. The molecule has 0 saturated carbocycles. The predicted molar refractivity (Wildman–Crippen MR) is 130 cm³/mol. The topological polar surface area (TPSA) is 97.1 Å². The first-order chi connectivity index (χ1) is 17.0. The molecule has 2 heterocycles. The van der Waals surface area contributed by atoms with Gasteiger partial charge in [-0.3, -0.25) is 9.59 Å². The zero-order valence-corrected chi connectivity index (χ0v) is 20.2. The number of amides is 2. The fourth-order valence-electron chi connectivity index (χ4n) is 4.12. The van der Waals surface area contributed by atoms with E-state index in [0.29, 0.717) is 41.5 Å². The van der Waals surface area contributed by atoms with Gasteiger partial charge in [0.2, 0.25) is 5.91 Å². The molecule has 1 atom stereocenters. The number of rotatable bonds is 8. The standard InChI is InChI=1S/C26H30N4O5/c1-4-29-12-14-30(15-13-29)26(32)24(18-8-6-5-7-9-18)27-25(31)21-17-23(35-28-21)20-16-19(33-2)10-11-22(20)34-3/h5-11,16-17,24H,4,12-15H2,1-3H3,(H,27,31)/t24-/m0/s1. The van der Waals surface area contributed by atoms with E-state index in [4.69, 9.17) is 14.0 Å². The van der Waals surface area contributed by atoms with Gasteiger partial charge in [0.25, 0.3) is 5.91 Å². The van der Waals surface area contributed by atoms with Crippen molar-refractivity contribution in [3.8, 4) is 22.8 Å². The van der Waals surface area contributed by atoms with E-state index in [0.717, 1.165) is 19.6 Å². The van der Waals surface area contributed by atoms with Gasteiger partial charge in [-0.25, -0.2) is 0 Å². The number of piperazine rings is 1. The quantitative estimate of drug-likeness (QED) is 0.532. The van der Waals surface area contributed by atoms with Crippen LogP contribution >= 0.6 is 0 Å². The first-order valence-electron chi connectivity index (χ1n) is 11.6. The highest BCUT2D eigenvalue weighted by Gasteiger charge is 2.30. The van der Waals surface area contributed by atoms with Gasteiger partial charge >= 0.3 is 0 Å². The summed E-state index contributed by atoms with van der Waals surface area (Å²) in [4.78, 5) is 30.7. The summed E-state index contributed by atoms with van der Waals surface area (Å²) >= 11 is 0. The highest BCUT2D eigenvalue weighted by atomic mass is 16.5. The normalized spacial score (nSPS) is 14.9. The molecule has 2 aromatic carbocycles. The van der Waals surface area contributed by atoms with Crippen molar-refractivity contribution < 1.29 is 23.6 Å². The van der Waals surface area contributed by atoms with E-state index >= 15 is 0 Å². The monoisotopic (exact) mass is 478 g/mol. The second-order valence-corrected chi connectivity index (χ2v) is 8.22. The van der Waals surface area contributed by atoms with E-state index in [1.807, 2.05) is 30.3 Å². The SMILES string of the molecule is CCN1CCN(C(=O)[C@@H](NC(=O)c2cc(-c3cc(OC)ccc3OC)on2)c2ccccc2)CC1. The molecule has 4 rings (SSSR count). The fourth-order valence-corrected chi connectivity index (χ4v) is 4.12. The molecular formula is C26H30N4O5. The highest BCUT2D eigenvalue weighted by Crippen LogP contribution is 2.34. The van der Waals surface area contributed by atoms with Crippen LogP contribution < -0.4 is 14.8 Å². The number of hydrogen-bond donors (Lipinski definition) is 1. The van der Waals surface area contributed by atoms with E-state index in [-0.39, 0.29) is 11.6 Å². The molecule has 3 aromatic rings. The number of nitrogens with zero attached hydrogens (tertiary/aromatic N) is 3. The number of ether oxygens (including phenoxy) is 2. The lowest BCUT2D eigenvalue weighted by Gasteiger charge is -2.36. The van der Waals surface area contributed by atoms with Gasteiger partial charge in [0.15, 0.2) is 11.5 Å². The minimum absolute atomic E-state index is 0.0643. The lowest BCUT2D eigenvalue weighted by molar-refractivity contribution is -0.135. The summed E-state index contributed by atoms with van der Waals surface area (Å²) in [5.74, 6) is 0.873. The van der Waals surface area contributed by atoms with E-state index in [9.17, 15) is 9.59 Å². The molecule has 9 nitrogen and oxygen atoms in total. The third-order valence-electron chi connectivity index (χ3n) is 6.20. The summed E-state index contributed by atoms with van der Waals surface area (Å²) in [5.41, 5.74) is 1.37. The molecule has 1 fully saturated rings. The minimum Gasteiger partial charge on any atom is -0.497 e. The largest absolute Gasteiger partial charge is 0.497 e. The van der Waals surface area contributed by atoms with Crippen LogP contribution in [0.25, 0.3) is 11.3 Å². The second-order valence-electron chi connectivity index (χ2n) is 8.22. The average molecular weight is 479 g/mol. The van der Waals surface area contributed by atoms with Crippen molar-refractivity contribution in [1.29, 1.82) is 0 Å². The maximum atomic E-state index is 13.5. The van der Waals surface area contributed by atoms with Crippen LogP contribution in [-0.4, -0.2) is 73.7 Å². The number of nitrogens with one attached hydrogen (secondary N) is 1. The Morgan fingerprint density at radius 1 is 1.03 bits per heavy atom. The summed E-state index contributed by atoms with van der Waals surface area (Å²) in [6.45, 7) is 5.93. The molecule has 1 aliphatic rings. The molecule has 0 radical (unpaired) electrons. The molecule has 2 amide bonds. The molecule has 35 heavy (non-hydrogen) atoms. The molecule has 0 aliphatic carbocycles. The number of carbonyl (C=O) groups is 2. The van der Waals surface area contributed by atoms with Gasteiger partial charge in [-0.1, -0.05) is 42.4 Å². The Morgan fingerprint density at radius 3 is 2.43 bits per heavy atom. The number of hydrogen-bond acceptors (Lipinski definition) is 7. The smallest absolute Gasteiger partial charge is 0.274 e. The van der Waals surface area contributed by atoms with Crippen LogP contribution in [0.15, 0.2) is 59.1 Å². The Labute approximate surface area is 204 Å². The first-order valence-corrected chi connectivity index (χ1v) is 11.6. The molecule has 1 aromatic heterocycles. The van der Waals surface area contributed by atoms with Gasteiger partial charge in [-0.2, -0.15) is 0 Å². The zero-order chi connectivity index (χ0) is 24.8. The van der Waals surface area contributed by atoms with Gasteiger partial charge < -0.3 is 29.1 Å². The van der Waals surface area contributed by atoms with Gasteiger partial charge in [0, 0.05) is 32.2 Å². The summed E-state index contributed by atoms with van der Waals surface area (Å²) < 4.78 is 16.2. The molecule has 0 spiro atoms. The lowest BCUT2D eigenvalue weighted by atomic mass is 10.0. The molecule has 9 heteroatoms. The summed E-state index contributed by atoms with van der Waals surface area (Å²) in [6.07, 6.45) is 0. The maximum Gasteiger partial charge on any atom is 0.274 e. The number of aromatic nitrogens is 1. The van der Waals surface area contributed by atoms with E-state index in [1.54, 1.807) is 37.3 Å². The van der Waals surface area contributed by atoms with Crippen LogP contribution in [0.1, 0.15) is 29.0 Å². The van der Waals surface area contributed by atoms with Crippen LogP contribution in [0, 0.1) is 0 Å². The second kappa shape index (κ2) is 11.1. The summed E-state index contributed by atoms with van der Waals surface area (Å²) in [6, 6.07) is 15.2. The summed E-state index contributed by atoms with van der Waals surface area (Å²) in [7, 11) is 3.11. The number of benzene rings is 2. The molecular weight excluding hydrogens is 448 g/mol. The van der Waals surface area contributed by atoms with Crippen molar-refractivity contribution in [2.24, 2.45) is 0 Å². The third-order valence-corrected chi connectivity index (χ3v) is 6.20. The van der Waals surface area contributed by atoms with Gasteiger partial charge in [0.05, 0.1) is 19.8 Å². The third kappa shape index (κ3) is 5.46. The van der Waals surface area contributed by atoms with Crippen molar-refractivity contribution in [3.05, 3.63) is 65.9 Å². The molecule has 1 saturated heterocycles. The van der Waals surface area contributed by atoms with E-state index < -0.39 is 11.9 Å². The molecule has 0 unspecified atom stereocenters. The first kappa shape index (κ1) is 24.3. The minimum atomic E-state index is -0.830. The highest BCUT2D eigenvalue weighted by molar-refractivity contribution is 5.97. The zero-order valence-electron chi connectivity index (χ0n) is 20.2. The maximum absolute atomic E-state index is 13.5. The van der Waals surface area contributed by atoms with Crippen molar-refractivity contribution in [3.63, 3.8) is 0 Å². The Bertz CT molecular complexity index is 1160. The van der Waals surface area contributed by atoms with Crippen molar-refractivity contribution in [2.75, 3.05) is 46.9 Å². The molecule has 184 valence electrons. The Balaban J connectivity index is 1.55. The van der Waals surface area contributed by atoms with Crippen LogP contribution in [0.5, 0.6) is 11.5 Å². The van der Waals surface area contributed by atoms with Crippen molar-refractivity contribution in [1.82, 2.24) is 20.3 Å². The Kier molecular flexibility index (Phi) is 7.67. The van der Waals surface area contributed by atoms with Gasteiger partial charge in [0.1, 0.15) is 17.5 Å². The molecule has 0 bridgehead atoms. The van der Waals surface area contributed by atoms with E-state index in [1.165, 1.54) is 6.07 Å². The Hall–Kier alpha value is -3.85. The molecule has 1 N–H and O–H groups in total. The van der Waals surface area contributed by atoms with Gasteiger partial charge in [-0.15, -0.1) is 0 Å². The Morgan fingerprint density at radius 2 is 1.77 bits per heavy atom. The number of likely N-dealkylation sites (N-methyl/N-ethyl adjacent to an activating group) is 1. The van der Waals surface area contributed by atoms with Crippen LogP contribution in [0.3, 0.4) is 0 Å². The van der Waals surface area contributed by atoms with Crippen LogP contribution in [-0.2, 0) is 4.79 Å². The van der Waals surface area contributed by atoms with Crippen molar-refractivity contribution in [2.45, 2.75) is 13.0 Å². The predicted octanol–water partition coefficient (Wildman–Crippen LogP) is 2.99. The summed E-state index contributed by atoms with van der Waals surface area (Å²) in [5, 5.41) is 6.81. The molecule has 1 aliphatic heterocycles. The van der Waals surface area contributed by atoms with Crippen LogP contribution in [0.4, 0.5) is 0 Å². The van der Waals surface area contributed by atoms with Crippen LogP contribution in [0.2, 0.25) is 0 Å². The number of methoxy groups -OCH3 is 2. The lowest BCUT2D eigenvalue weighted by Crippen LogP contribution is -2.52. The fraction of sp³-hybridized carbons (Fsp3) is 0.346.